The molecule has 1 unspecified atom stereocenters. The second-order valence-electron chi connectivity index (χ2n) is 5.09. The van der Waals surface area contributed by atoms with Gasteiger partial charge in [-0.2, -0.15) is 0 Å². The lowest BCUT2D eigenvalue weighted by Gasteiger charge is -2.23. The van der Waals surface area contributed by atoms with Gasteiger partial charge in [0.15, 0.2) is 0 Å². The maximum atomic E-state index is 11.7. The zero-order valence-electron chi connectivity index (χ0n) is 11.2. The van der Waals surface area contributed by atoms with Gasteiger partial charge < -0.3 is 15.2 Å². The first kappa shape index (κ1) is 15.9. The predicted molar refractivity (Wildman–Crippen MR) is 64.7 cm³/mol. The molecule has 0 aromatic carbocycles. The summed E-state index contributed by atoms with van der Waals surface area (Å²) >= 11 is 0. The van der Waals surface area contributed by atoms with Gasteiger partial charge in [0.2, 0.25) is 0 Å². The molecule has 0 aromatic heterocycles. The van der Waals surface area contributed by atoms with Crippen LogP contribution in [0.25, 0.3) is 0 Å². The first-order valence-electron chi connectivity index (χ1n) is 5.77. The van der Waals surface area contributed by atoms with E-state index in [1.165, 1.54) is 7.11 Å². The molecule has 0 radical (unpaired) electrons. The molecule has 0 aliphatic carbocycles. The molecule has 0 rings (SSSR count). The highest BCUT2D eigenvalue weighted by atomic mass is 16.5. The Morgan fingerprint density at radius 1 is 1.35 bits per heavy atom. The van der Waals surface area contributed by atoms with Crippen LogP contribution in [0.1, 0.15) is 34.1 Å². The van der Waals surface area contributed by atoms with Gasteiger partial charge >= 0.3 is 5.97 Å². The van der Waals surface area contributed by atoms with E-state index in [0.29, 0.717) is 6.42 Å². The van der Waals surface area contributed by atoms with Gasteiger partial charge in [-0.15, -0.1) is 0 Å². The lowest BCUT2D eigenvalue weighted by molar-refractivity contribution is -0.143. The fraction of sp³-hybridized carbons (Fsp3) is 0.833. The van der Waals surface area contributed by atoms with E-state index in [1.54, 1.807) is 13.8 Å². The highest BCUT2D eigenvalue weighted by molar-refractivity contribution is 5.84. The molecule has 5 heteroatoms. The molecule has 0 fully saturated rings. The summed E-state index contributed by atoms with van der Waals surface area (Å²) in [5.74, 6) is -1.45. The third-order valence-corrected chi connectivity index (χ3v) is 2.67. The average molecular weight is 245 g/mol. The topological polar surface area (TPSA) is 75.6 Å². The minimum atomic E-state index is -0.930. The van der Waals surface area contributed by atoms with Crippen molar-refractivity contribution in [2.24, 2.45) is 11.8 Å². The van der Waals surface area contributed by atoms with Gasteiger partial charge in [-0.25, -0.2) is 0 Å². The lowest BCUT2D eigenvalue weighted by atomic mass is 9.97. The van der Waals surface area contributed by atoms with Gasteiger partial charge in [0, 0.05) is 13.7 Å². The number of carboxylic acid groups (broad SMARTS) is 1. The van der Waals surface area contributed by atoms with Gasteiger partial charge in [0.25, 0.3) is 5.91 Å². The number of hydrogen-bond donors (Lipinski definition) is 2. The molecule has 17 heavy (non-hydrogen) atoms. The molecule has 0 heterocycles. The third kappa shape index (κ3) is 5.68. The first-order valence-corrected chi connectivity index (χ1v) is 5.77. The maximum absolute atomic E-state index is 11.7. The third-order valence-electron chi connectivity index (χ3n) is 2.67. The minimum absolute atomic E-state index is 0.138. The quantitative estimate of drug-likeness (QED) is 0.708. The predicted octanol–water partition coefficient (Wildman–Crippen LogP) is 1.27. The highest BCUT2D eigenvalue weighted by Gasteiger charge is 2.28. The van der Waals surface area contributed by atoms with Crippen LogP contribution in [0.3, 0.4) is 0 Å². The standard InChI is InChI=1S/C12H23NO4/c1-8(2)6-9(10(14)15)7-13-11(16)12(3,4)17-5/h8-9H,6-7H2,1-5H3,(H,13,16)(H,14,15). The van der Waals surface area contributed by atoms with Crippen molar-refractivity contribution in [1.82, 2.24) is 5.32 Å². The van der Waals surface area contributed by atoms with Crippen molar-refractivity contribution in [1.29, 1.82) is 0 Å². The second kappa shape index (κ2) is 6.59. The molecule has 0 saturated carbocycles. The number of ether oxygens (including phenoxy) is 1. The summed E-state index contributed by atoms with van der Waals surface area (Å²) in [6.45, 7) is 7.33. The lowest BCUT2D eigenvalue weighted by Crippen LogP contribution is -2.46. The molecule has 1 atom stereocenters. The summed E-state index contributed by atoms with van der Waals surface area (Å²) in [6, 6.07) is 0. The molecule has 0 aliphatic rings. The fourth-order valence-corrected chi connectivity index (χ4v) is 1.36. The highest BCUT2D eigenvalue weighted by Crippen LogP contribution is 2.12. The van der Waals surface area contributed by atoms with Gasteiger partial charge in [0.05, 0.1) is 5.92 Å². The van der Waals surface area contributed by atoms with E-state index in [4.69, 9.17) is 9.84 Å². The maximum Gasteiger partial charge on any atom is 0.308 e. The summed E-state index contributed by atoms with van der Waals surface area (Å²) in [7, 11) is 1.45. The summed E-state index contributed by atoms with van der Waals surface area (Å²) in [5, 5.41) is 11.6. The van der Waals surface area contributed by atoms with Crippen molar-refractivity contribution in [3.63, 3.8) is 0 Å². The van der Waals surface area contributed by atoms with E-state index >= 15 is 0 Å². The molecular formula is C12H23NO4. The van der Waals surface area contributed by atoms with Crippen LogP contribution in [0.5, 0.6) is 0 Å². The Morgan fingerprint density at radius 3 is 2.24 bits per heavy atom. The number of rotatable bonds is 7. The monoisotopic (exact) mass is 245 g/mol. The Bertz CT molecular complexity index is 274. The second-order valence-corrected chi connectivity index (χ2v) is 5.09. The van der Waals surface area contributed by atoms with Crippen molar-refractivity contribution >= 4 is 11.9 Å². The fourth-order valence-electron chi connectivity index (χ4n) is 1.36. The normalized spacial score (nSPS) is 13.5. The van der Waals surface area contributed by atoms with Crippen molar-refractivity contribution in [3.8, 4) is 0 Å². The van der Waals surface area contributed by atoms with Crippen LogP contribution in [-0.4, -0.2) is 36.2 Å². The van der Waals surface area contributed by atoms with Gasteiger partial charge in [-0.1, -0.05) is 13.8 Å². The Morgan fingerprint density at radius 2 is 1.88 bits per heavy atom. The molecule has 0 aliphatic heterocycles. The van der Waals surface area contributed by atoms with Crippen molar-refractivity contribution < 1.29 is 19.4 Å². The molecule has 2 N–H and O–H groups in total. The van der Waals surface area contributed by atoms with Crippen LogP contribution in [0.15, 0.2) is 0 Å². The van der Waals surface area contributed by atoms with E-state index in [1.807, 2.05) is 13.8 Å². The number of hydrogen-bond acceptors (Lipinski definition) is 3. The van der Waals surface area contributed by atoms with E-state index < -0.39 is 17.5 Å². The van der Waals surface area contributed by atoms with E-state index in [9.17, 15) is 9.59 Å². The largest absolute Gasteiger partial charge is 0.481 e. The average Bonchev–Trinajstić information content (AvgIpc) is 2.22. The molecule has 0 saturated heterocycles. The summed E-state index contributed by atoms with van der Waals surface area (Å²) < 4.78 is 5.01. The number of carbonyl (C=O) groups is 2. The Hall–Kier alpha value is -1.10. The summed E-state index contributed by atoms with van der Waals surface area (Å²) in [5.41, 5.74) is -0.930. The first-order chi connectivity index (χ1) is 7.70. The number of methoxy groups -OCH3 is 1. The van der Waals surface area contributed by atoms with Crippen molar-refractivity contribution in [2.45, 2.75) is 39.7 Å². The number of amides is 1. The van der Waals surface area contributed by atoms with Crippen molar-refractivity contribution in [2.75, 3.05) is 13.7 Å². The minimum Gasteiger partial charge on any atom is -0.481 e. The van der Waals surface area contributed by atoms with E-state index in [-0.39, 0.29) is 18.4 Å². The van der Waals surface area contributed by atoms with E-state index in [0.717, 1.165) is 0 Å². The summed E-state index contributed by atoms with van der Waals surface area (Å²) in [4.78, 5) is 22.7. The van der Waals surface area contributed by atoms with Gasteiger partial charge in [-0.3, -0.25) is 9.59 Å². The van der Waals surface area contributed by atoms with Gasteiger partial charge in [-0.05, 0) is 26.2 Å². The summed E-state index contributed by atoms with van der Waals surface area (Å²) in [6.07, 6.45) is 0.545. The number of carbonyl (C=O) groups excluding carboxylic acids is 1. The zero-order chi connectivity index (χ0) is 13.6. The smallest absolute Gasteiger partial charge is 0.308 e. The molecule has 0 aromatic rings. The SMILES string of the molecule is COC(C)(C)C(=O)NCC(CC(C)C)C(=O)O. The Labute approximate surface area is 103 Å². The zero-order valence-corrected chi connectivity index (χ0v) is 11.2. The molecule has 0 spiro atoms. The van der Waals surface area contributed by atoms with Crippen molar-refractivity contribution in [3.05, 3.63) is 0 Å². The molecule has 5 nitrogen and oxygen atoms in total. The molecule has 1 amide bonds. The molecule has 0 bridgehead atoms. The van der Waals surface area contributed by atoms with Crippen LogP contribution >= 0.6 is 0 Å². The number of aliphatic carboxylic acids is 1. The van der Waals surface area contributed by atoms with Crippen LogP contribution in [-0.2, 0) is 14.3 Å². The van der Waals surface area contributed by atoms with Crippen LogP contribution < -0.4 is 5.32 Å². The Balaban J connectivity index is 4.32. The Kier molecular flexibility index (Phi) is 6.16. The molecule has 100 valence electrons. The van der Waals surface area contributed by atoms with Gasteiger partial charge in [0.1, 0.15) is 5.60 Å². The number of nitrogens with one attached hydrogen (secondary N) is 1. The molecular weight excluding hydrogens is 222 g/mol. The van der Waals surface area contributed by atoms with Crippen LogP contribution in [0.2, 0.25) is 0 Å². The van der Waals surface area contributed by atoms with Crippen LogP contribution in [0, 0.1) is 11.8 Å². The van der Waals surface area contributed by atoms with E-state index in [2.05, 4.69) is 5.32 Å². The van der Waals surface area contributed by atoms with Crippen LogP contribution in [0.4, 0.5) is 0 Å². The number of carboxylic acids is 1.